The van der Waals surface area contributed by atoms with Gasteiger partial charge in [0.15, 0.2) is 0 Å². The summed E-state index contributed by atoms with van der Waals surface area (Å²) in [6, 6.07) is 9.24. The molecule has 0 saturated heterocycles. The summed E-state index contributed by atoms with van der Waals surface area (Å²) in [6.07, 6.45) is 2.98. The molecule has 2 aliphatic carbocycles. The Bertz CT molecular complexity index is 1070. The number of hydrogen-bond acceptors (Lipinski definition) is 6. The Hall–Kier alpha value is -2.77. The average Bonchev–Trinajstić information content (AvgIpc) is 2.91. The van der Waals surface area contributed by atoms with E-state index in [-0.39, 0.29) is 38.5 Å². The fourth-order valence-corrected chi connectivity index (χ4v) is 5.08. The summed E-state index contributed by atoms with van der Waals surface area (Å²) in [5.41, 5.74) is 6.79. The SMILES string of the molecule is CC(O)c1ccc(C2(CN)CCC(F)(F)CC2)cn1.CCOc1ccc(C2(C#N)CCC(F)(F)CC2)cn1. The van der Waals surface area contributed by atoms with Crippen molar-refractivity contribution >= 4 is 0 Å². The van der Waals surface area contributed by atoms with Crippen molar-refractivity contribution in [3.63, 3.8) is 0 Å². The molecule has 0 spiro atoms. The van der Waals surface area contributed by atoms with Gasteiger partial charge in [-0.25, -0.2) is 22.5 Å². The van der Waals surface area contributed by atoms with E-state index in [1.807, 2.05) is 13.0 Å². The van der Waals surface area contributed by atoms with Gasteiger partial charge in [-0.2, -0.15) is 5.26 Å². The van der Waals surface area contributed by atoms with Crippen LogP contribution in [0.5, 0.6) is 5.88 Å². The summed E-state index contributed by atoms with van der Waals surface area (Å²) >= 11 is 0. The molecule has 10 heteroatoms. The number of hydrogen-bond donors (Lipinski definition) is 2. The van der Waals surface area contributed by atoms with Crippen molar-refractivity contribution in [3.8, 4) is 11.9 Å². The number of aromatic nitrogens is 2. The summed E-state index contributed by atoms with van der Waals surface area (Å²) in [5.74, 6) is -4.72. The third-order valence-electron chi connectivity index (χ3n) is 7.79. The molecule has 2 saturated carbocycles. The zero-order valence-electron chi connectivity index (χ0n) is 21.9. The molecule has 2 heterocycles. The molecule has 2 aliphatic rings. The first-order valence-corrected chi connectivity index (χ1v) is 13.0. The van der Waals surface area contributed by atoms with Crippen LogP contribution in [0.15, 0.2) is 36.7 Å². The van der Waals surface area contributed by atoms with Gasteiger partial charge in [0.2, 0.25) is 17.7 Å². The maximum atomic E-state index is 13.3. The number of nitrogens with two attached hydrogens (primary N) is 1. The lowest BCUT2D eigenvalue weighted by molar-refractivity contribution is -0.0510. The molecule has 3 N–H and O–H groups in total. The predicted molar refractivity (Wildman–Crippen MR) is 135 cm³/mol. The van der Waals surface area contributed by atoms with Gasteiger partial charge in [0.05, 0.1) is 29.9 Å². The molecular weight excluding hydrogens is 500 g/mol. The zero-order chi connectivity index (χ0) is 28.0. The molecular formula is C28H36F4N4O2. The Balaban J connectivity index is 0.000000211. The Morgan fingerprint density at radius 2 is 1.47 bits per heavy atom. The second-order valence-corrected chi connectivity index (χ2v) is 10.4. The van der Waals surface area contributed by atoms with Crippen LogP contribution < -0.4 is 10.5 Å². The molecule has 0 radical (unpaired) electrons. The van der Waals surface area contributed by atoms with Gasteiger partial charge in [-0.15, -0.1) is 0 Å². The molecule has 0 amide bonds. The molecule has 4 rings (SSSR count). The van der Waals surface area contributed by atoms with Crippen molar-refractivity contribution in [1.29, 1.82) is 5.26 Å². The van der Waals surface area contributed by atoms with Crippen LogP contribution in [-0.2, 0) is 10.8 Å². The van der Waals surface area contributed by atoms with Crippen LogP contribution in [-0.4, -0.2) is 40.1 Å². The van der Waals surface area contributed by atoms with Gasteiger partial charge in [-0.05, 0) is 56.7 Å². The minimum atomic E-state index is -2.64. The standard InChI is InChI=1S/C14H20F2N2O.C14H16F2N2O/c1-10(19)12-3-2-11(8-18-12)13(9-17)4-6-14(15,16)7-5-13;1-2-19-12-4-3-11(9-18-12)13(10-17)5-7-14(15,16)8-6-13/h2-3,8,10,19H,4-7,9,17H2,1H3;3-4,9H,2,5-8H2,1H3. The van der Waals surface area contributed by atoms with Crippen LogP contribution in [0.2, 0.25) is 0 Å². The van der Waals surface area contributed by atoms with Gasteiger partial charge in [-0.3, -0.25) is 4.98 Å². The summed E-state index contributed by atoms with van der Waals surface area (Å²) in [4.78, 5) is 8.30. The van der Waals surface area contributed by atoms with Gasteiger partial charge in [0.1, 0.15) is 0 Å². The smallest absolute Gasteiger partial charge is 0.248 e. The first-order chi connectivity index (χ1) is 17.9. The third-order valence-corrected chi connectivity index (χ3v) is 7.79. The van der Waals surface area contributed by atoms with E-state index in [0.29, 0.717) is 43.1 Å². The van der Waals surface area contributed by atoms with E-state index in [1.165, 1.54) is 0 Å². The summed E-state index contributed by atoms with van der Waals surface area (Å²) in [7, 11) is 0. The molecule has 1 atom stereocenters. The van der Waals surface area contributed by atoms with Crippen molar-refractivity contribution in [2.75, 3.05) is 13.2 Å². The van der Waals surface area contributed by atoms with Crippen molar-refractivity contribution in [1.82, 2.24) is 9.97 Å². The van der Waals surface area contributed by atoms with Crippen LogP contribution in [0.25, 0.3) is 0 Å². The largest absolute Gasteiger partial charge is 0.478 e. The zero-order valence-corrected chi connectivity index (χ0v) is 21.9. The van der Waals surface area contributed by atoms with E-state index in [4.69, 9.17) is 10.5 Å². The minimum absolute atomic E-state index is 0.123. The van der Waals surface area contributed by atoms with Crippen molar-refractivity contribution in [2.24, 2.45) is 5.73 Å². The van der Waals surface area contributed by atoms with Gasteiger partial charge < -0.3 is 15.6 Å². The Kier molecular flexibility index (Phi) is 9.37. The number of aliphatic hydroxyl groups excluding tert-OH is 1. The molecule has 208 valence electrons. The highest BCUT2D eigenvalue weighted by atomic mass is 19.3. The number of nitriles is 1. The molecule has 0 aliphatic heterocycles. The second-order valence-electron chi connectivity index (χ2n) is 10.4. The van der Waals surface area contributed by atoms with Gasteiger partial charge in [0, 0.05) is 56.1 Å². The lowest BCUT2D eigenvalue weighted by Gasteiger charge is -2.39. The number of pyridine rings is 2. The maximum absolute atomic E-state index is 13.3. The predicted octanol–water partition coefficient (Wildman–Crippen LogP) is 5.99. The average molecular weight is 537 g/mol. The molecule has 0 bridgehead atoms. The van der Waals surface area contributed by atoms with Crippen LogP contribution in [0.4, 0.5) is 17.6 Å². The number of halogens is 4. The van der Waals surface area contributed by atoms with Crippen molar-refractivity contribution in [3.05, 3.63) is 53.5 Å². The number of ether oxygens (including phenoxy) is 1. The Labute approximate surface area is 221 Å². The fourth-order valence-electron chi connectivity index (χ4n) is 5.08. The van der Waals surface area contributed by atoms with Gasteiger partial charge in [0.25, 0.3) is 0 Å². The normalized spacial score (nSPS) is 21.8. The quantitative estimate of drug-likeness (QED) is 0.440. The molecule has 2 aromatic rings. The van der Waals surface area contributed by atoms with Crippen LogP contribution in [0.3, 0.4) is 0 Å². The van der Waals surface area contributed by atoms with Crippen LogP contribution in [0, 0.1) is 11.3 Å². The maximum Gasteiger partial charge on any atom is 0.248 e. The molecule has 0 aromatic carbocycles. The van der Waals surface area contributed by atoms with Crippen molar-refractivity contribution < 1.29 is 27.4 Å². The van der Waals surface area contributed by atoms with Crippen LogP contribution in [0.1, 0.15) is 88.1 Å². The Morgan fingerprint density at radius 3 is 1.89 bits per heavy atom. The summed E-state index contributed by atoms with van der Waals surface area (Å²) in [5, 5.41) is 18.8. The number of nitrogens with zero attached hydrogens (tertiary/aromatic N) is 3. The van der Waals surface area contributed by atoms with E-state index in [2.05, 4.69) is 16.0 Å². The lowest BCUT2D eigenvalue weighted by Crippen LogP contribution is -2.42. The van der Waals surface area contributed by atoms with E-state index < -0.39 is 28.8 Å². The lowest BCUT2D eigenvalue weighted by atomic mass is 9.69. The highest BCUT2D eigenvalue weighted by Gasteiger charge is 2.45. The monoisotopic (exact) mass is 536 g/mol. The van der Waals surface area contributed by atoms with Gasteiger partial charge >= 0.3 is 0 Å². The van der Waals surface area contributed by atoms with Gasteiger partial charge in [-0.1, -0.05) is 12.1 Å². The Morgan fingerprint density at radius 1 is 0.921 bits per heavy atom. The van der Waals surface area contributed by atoms with Crippen molar-refractivity contribution in [2.45, 2.75) is 94.0 Å². The van der Waals surface area contributed by atoms with E-state index >= 15 is 0 Å². The minimum Gasteiger partial charge on any atom is -0.478 e. The molecule has 2 fully saturated rings. The second kappa shape index (κ2) is 12.0. The first kappa shape index (κ1) is 29.8. The highest BCUT2D eigenvalue weighted by Crippen LogP contribution is 2.46. The fraction of sp³-hybridized carbons (Fsp3) is 0.607. The van der Waals surface area contributed by atoms with E-state index in [0.717, 1.165) is 5.56 Å². The molecule has 6 nitrogen and oxygen atoms in total. The molecule has 2 aromatic heterocycles. The van der Waals surface area contributed by atoms with Crippen LogP contribution >= 0.6 is 0 Å². The highest BCUT2D eigenvalue weighted by molar-refractivity contribution is 5.33. The number of rotatable bonds is 6. The summed E-state index contributed by atoms with van der Waals surface area (Å²) in [6.45, 7) is 4.36. The van der Waals surface area contributed by atoms with E-state index in [9.17, 15) is 27.9 Å². The number of aliphatic hydroxyl groups is 1. The third kappa shape index (κ3) is 7.00. The first-order valence-electron chi connectivity index (χ1n) is 13.0. The summed E-state index contributed by atoms with van der Waals surface area (Å²) < 4.78 is 58.2. The van der Waals surface area contributed by atoms with E-state index in [1.54, 1.807) is 37.5 Å². The number of alkyl halides is 4. The molecule has 38 heavy (non-hydrogen) atoms. The topological polar surface area (TPSA) is 105 Å². The molecule has 1 unspecified atom stereocenters.